The third-order valence-electron chi connectivity index (χ3n) is 4.29. The van der Waals surface area contributed by atoms with E-state index in [2.05, 4.69) is 17.1 Å². The van der Waals surface area contributed by atoms with Crippen molar-refractivity contribution in [3.05, 3.63) is 60.1 Å². The van der Waals surface area contributed by atoms with Crippen LogP contribution in [0.15, 0.2) is 53.1 Å². The Labute approximate surface area is 156 Å². The summed E-state index contributed by atoms with van der Waals surface area (Å²) in [4.78, 5) is 14.0. The van der Waals surface area contributed by atoms with Crippen LogP contribution in [-0.2, 0) is 17.9 Å². The van der Waals surface area contributed by atoms with Gasteiger partial charge in [-0.05, 0) is 43.6 Å². The predicted molar refractivity (Wildman–Crippen MR) is 103 cm³/mol. The van der Waals surface area contributed by atoms with Gasteiger partial charge in [0, 0.05) is 6.54 Å². The fourth-order valence-electron chi connectivity index (χ4n) is 2.75. The van der Waals surface area contributed by atoms with Crippen LogP contribution >= 0.6 is 0 Å². The zero-order chi connectivity index (χ0) is 18.5. The van der Waals surface area contributed by atoms with Crippen LogP contribution < -0.4 is 5.32 Å². The maximum Gasteiger partial charge on any atom is 0.407 e. The lowest BCUT2D eigenvalue weighted by Crippen LogP contribution is -2.25. The van der Waals surface area contributed by atoms with Gasteiger partial charge in [-0.2, -0.15) is 0 Å². The molecule has 1 aromatic heterocycles. The van der Waals surface area contributed by atoms with Crippen LogP contribution in [0.25, 0.3) is 0 Å². The maximum atomic E-state index is 11.6. The minimum absolute atomic E-state index is 0.315. The van der Waals surface area contributed by atoms with Gasteiger partial charge in [-0.3, -0.25) is 4.90 Å². The maximum absolute atomic E-state index is 11.6. The zero-order valence-corrected chi connectivity index (χ0v) is 15.7. The summed E-state index contributed by atoms with van der Waals surface area (Å²) in [5.74, 6) is 1.02. The first kappa shape index (κ1) is 20.0. The molecule has 0 radical (unpaired) electrons. The molecule has 0 aliphatic heterocycles. The lowest BCUT2D eigenvalue weighted by molar-refractivity contribution is 0.139. The first-order valence-corrected chi connectivity index (χ1v) is 9.47. The molecule has 0 bridgehead atoms. The number of furan rings is 1. The highest BCUT2D eigenvalue weighted by Crippen LogP contribution is 2.08. The van der Waals surface area contributed by atoms with E-state index in [9.17, 15) is 4.79 Å². The molecule has 5 heteroatoms. The minimum Gasteiger partial charge on any atom is -0.468 e. The molecule has 1 heterocycles. The van der Waals surface area contributed by atoms with Gasteiger partial charge in [0.15, 0.2) is 0 Å². The van der Waals surface area contributed by atoms with Gasteiger partial charge in [0.2, 0.25) is 0 Å². The Kier molecular flexibility index (Phi) is 9.36. The van der Waals surface area contributed by atoms with E-state index in [1.807, 2.05) is 42.5 Å². The molecule has 0 saturated carbocycles. The van der Waals surface area contributed by atoms with Gasteiger partial charge >= 0.3 is 6.09 Å². The molecular weight excluding hydrogens is 328 g/mol. The van der Waals surface area contributed by atoms with Crippen molar-refractivity contribution < 1.29 is 13.9 Å². The molecule has 0 saturated heterocycles. The van der Waals surface area contributed by atoms with Crippen molar-refractivity contribution in [1.82, 2.24) is 10.2 Å². The molecule has 1 N–H and O–H groups in total. The van der Waals surface area contributed by atoms with Crippen molar-refractivity contribution in [2.24, 2.45) is 0 Å². The number of carbonyl (C=O) groups is 1. The highest BCUT2D eigenvalue weighted by atomic mass is 16.5. The van der Waals surface area contributed by atoms with Crippen LogP contribution in [0, 0.1) is 0 Å². The van der Waals surface area contributed by atoms with E-state index in [1.165, 1.54) is 0 Å². The average Bonchev–Trinajstić information content (AvgIpc) is 3.18. The van der Waals surface area contributed by atoms with Crippen molar-refractivity contribution in [3.8, 4) is 0 Å². The fraction of sp³-hybridized carbons (Fsp3) is 0.476. The number of carbonyl (C=O) groups excluding carboxylic acids is 1. The number of ether oxygens (including phenoxy) is 1. The molecule has 1 aromatic carbocycles. The first-order valence-electron chi connectivity index (χ1n) is 9.47. The number of alkyl carbamates (subject to hydrolysis) is 1. The highest BCUT2D eigenvalue weighted by molar-refractivity contribution is 5.67. The van der Waals surface area contributed by atoms with E-state index in [1.54, 1.807) is 6.26 Å². The monoisotopic (exact) mass is 358 g/mol. The molecular formula is C21H30N2O3. The molecule has 0 aliphatic carbocycles. The quantitative estimate of drug-likeness (QED) is 0.564. The third kappa shape index (κ3) is 8.21. The summed E-state index contributed by atoms with van der Waals surface area (Å²) in [6.45, 7) is 6.12. The normalized spacial score (nSPS) is 10.8. The largest absolute Gasteiger partial charge is 0.468 e. The summed E-state index contributed by atoms with van der Waals surface area (Å²) in [6.07, 6.45) is 5.79. The standard InChI is InChI=1S/C21H30N2O3/c1-2-23(17-20-13-10-16-25-20)15-9-4-3-8-14-22-21(24)26-18-19-11-6-5-7-12-19/h5-7,10-13,16H,2-4,8-9,14-15,17-18H2,1H3,(H,22,24). The smallest absolute Gasteiger partial charge is 0.407 e. The van der Waals surface area contributed by atoms with Crippen LogP contribution in [0.3, 0.4) is 0 Å². The molecule has 0 aliphatic rings. The number of rotatable bonds is 12. The summed E-state index contributed by atoms with van der Waals surface area (Å²) in [6, 6.07) is 13.7. The van der Waals surface area contributed by atoms with E-state index < -0.39 is 0 Å². The molecule has 5 nitrogen and oxygen atoms in total. The SMILES string of the molecule is CCN(CCCCCCNC(=O)OCc1ccccc1)Cc1ccco1. The van der Waals surface area contributed by atoms with Gasteiger partial charge in [0.1, 0.15) is 12.4 Å². The summed E-state index contributed by atoms with van der Waals surface area (Å²) in [5, 5.41) is 2.81. The van der Waals surface area contributed by atoms with E-state index in [0.29, 0.717) is 13.2 Å². The van der Waals surface area contributed by atoms with Crippen molar-refractivity contribution in [1.29, 1.82) is 0 Å². The number of unbranched alkanes of at least 4 members (excludes halogenated alkanes) is 3. The second-order valence-corrected chi connectivity index (χ2v) is 6.35. The van der Waals surface area contributed by atoms with E-state index in [0.717, 1.165) is 56.6 Å². The molecule has 0 atom stereocenters. The van der Waals surface area contributed by atoms with Gasteiger partial charge in [-0.15, -0.1) is 0 Å². The molecule has 0 spiro atoms. The molecule has 2 aromatic rings. The lowest BCUT2D eigenvalue weighted by Gasteiger charge is -2.18. The van der Waals surface area contributed by atoms with Crippen LogP contribution in [0.1, 0.15) is 43.9 Å². The van der Waals surface area contributed by atoms with Crippen molar-refractivity contribution in [2.45, 2.75) is 45.8 Å². The molecule has 26 heavy (non-hydrogen) atoms. The number of nitrogens with one attached hydrogen (secondary N) is 1. The minimum atomic E-state index is -0.343. The zero-order valence-electron chi connectivity index (χ0n) is 15.7. The van der Waals surface area contributed by atoms with Gasteiger partial charge in [-0.1, -0.05) is 50.1 Å². The van der Waals surface area contributed by atoms with Crippen molar-refractivity contribution in [3.63, 3.8) is 0 Å². The Hall–Kier alpha value is -2.27. The van der Waals surface area contributed by atoms with Gasteiger partial charge in [-0.25, -0.2) is 4.79 Å². The number of amides is 1. The topological polar surface area (TPSA) is 54.7 Å². The Morgan fingerprint density at radius 2 is 1.88 bits per heavy atom. The van der Waals surface area contributed by atoms with Crippen LogP contribution in [0.5, 0.6) is 0 Å². The summed E-state index contributed by atoms with van der Waals surface area (Å²) < 4.78 is 10.6. The van der Waals surface area contributed by atoms with Crippen molar-refractivity contribution >= 4 is 6.09 Å². The molecule has 0 unspecified atom stereocenters. The summed E-state index contributed by atoms with van der Waals surface area (Å²) in [5.41, 5.74) is 0.998. The average molecular weight is 358 g/mol. The molecule has 1 amide bonds. The molecule has 2 rings (SSSR count). The van der Waals surface area contributed by atoms with Crippen LogP contribution in [0.4, 0.5) is 4.79 Å². The van der Waals surface area contributed by atoms with Crippen LogP contribution in [-0.4, -0.2) is 30.6 Å². The second kappa shape index (κ2) is 12.1. The van der Waals surface area contributed by atoms with E-state index in [-0.39, 0.29) is 6.09 Å². The Balaban J connectivity index is 1.45. The number of hydrogen-bond acceptors (Lipinski definition) is 4. The Bertz CT molecular complexity index is 599. The Morgan fingerprint density at radius 3 is 2.62 bits per heavy atom. The number of benzene rings is 1. The van der Waals surface area contributed by atoms with Gasteiger partial charge < -0.3 is 14.5 Å². The molecule has 142 valence electrons. The lowest BCUT2D eigenvalue weighted by atomic mass is 10.2. The molecule has 0 fully saturated rings. The fourth-order valence-corrected chi connectivity index (χ4v) is 2.75. The number of hydrogen-bond donors (Lipinski definition) is 1. The van der Waals surface area contributed by atoms with E-state index in [4.69, 9.17) is 9.15 Å². The first-order chi connectivity index (χ1) is 12.8. The number of nitrogens with zero attached hydrogens (tertiary/aromatic N) is 1. The van der Waals surface area contributed by atoms with Crippen molar-refractivity contribution in [2.75, 3.05) is 19.6 Å². The highest BCUT2D eigenvalue weighted by Gasteiger charge is 2.05. The Morgan fingerprint density at radius 1 is 1.08 bits per heavy atom. The van der Waals surface area contributed by atoms with Gasteiger partial charge in [0.25, 0.3) is 0 Å². The van der Waals surface area contributed by atoms with E-state index >= 15 is 0 Å². The van der Waals surface area contributed by atoms with Gasteiger partial charge in [0.05, 0.1) is 12.8 Å². The summed E-state index contributed by atoms with van der Waals surface area (Å²) in [7, 11) is 0. The van der Waals surface area contributed by atoms with Crippen LogP contribution in [0.2, 0.25) is 0 Å². The second-order valence-electron chi connectivity index (χ2n) is 6.35. The third-order valence-corrected chi connectivity index (χ3v) is 4.29. The summed E-state index contributed by atoms with van der Waals surface area (Å²) >= 11 is 0. The predicted octanol–water partition coefficient (Wildman–Crippen LogP) is 4.59.